The number of amides is 1. The molecule has 3 nitrogen and oxygen atoms in total. The number of hydrogen-bond donors (Lipinski definition) is 0. The van der Waals surface area contributed by atoms with E-state index in [1.165, 1.54) is 6.07 Å². The number of carbonyl (C=O) groups is 1. The van der Waals surface area contributed by atoms with Gasteiger partial charge in [0.05, 0.1) is 0 Å². The van der Waals surface area contributed by atoms with E-state index in [1.807, 2.05) is 30.9 Å². The summed E-state index contributed by atoms with van der Waals surface area (Å²) in [6.45, 7) is 4.57. The van der Waals surface area contributed by atoms with Crippen molar-refractivity contribution >= 4 is 5.91 Å². The third kappa shape index (κ3) is 4.85. The van der Waals surface area contributed by atoms with E-state index in [4.69, 9.17) is 0 Å². The Morgan fingerprint density at radius 3 is 2.46 bits per heavy atom. The van der Waals surface area contributed by atoms with Gasteiger partial charge < -0.3 is 4.90 Å². The molecule has 1 unspecified atom stereocenters. The van der Waals surface area contributed by atoms with Crippen LogP contribution >= 0.6 is 0 Å². The topological polar surface area (TPSA) is 33.2 Å². The van der Waals surface area contributed by atoms with Crippen LogP contribution in [0.15, 0.2) is 42.7 Å². The first kappa shape index (κ1) is 18.0. The number of hydrogen-bond acceptors (Lipinski definition) is 2. The van der Waals surface area contributed by atoms with E-state index in [0.29, 0.717) is 18.5 Å². The molecule has 0 saturated heterocycles. The first-order valence-corrected chi connectivity index (χ1v) is 8.13. The van der Waals surface area contributed by atoms with Crippen molar-refractivity contribution in [2.45, 2.75) is 45.7 Å². The summed E-state index contributed by atoms with van der Waals surface area (Å²) in [6.07, 6.45) is 4.91. The molecular formula is C19H22F2N2O. The maximum Gasteiger partial charge on any atom is 0.223 e. The molecule has 2 aromatic rings. The highest BCUT2D eigenvalue weighted by atomic mass is 19.2. The summed E-state index contributed by atoms with van der Waals surface area (Å²) in [7, 11) is 0. The highest BCUT2D eigenvalue weighted by Gasteiger charge is 2.19. The second-order valence-electron chi connectivity index (χ2n) is 5.88. The summed E-state index contributed by atoms with van der Waals surface area (Å²) >= 11 is 0. The molecule has 0 radical (unpaired) electrons. The average molecular weight is 332 g/mol. The first-order chi connectivity index (χ1) is 11.5. The van der Waals surface area contributed by atoms with Crippen LogP contribution in [0.4, 0.5) is 8.78 Å². The van der Waals surface area contributed by atoms with Gasteiger partial charge in [0.15, 0.2) is 11.6 Å². The third-order valence-corrected chi connectivity index (χ3v) is 4.16. The lowest BCUT2D eigenvalue weighted by Crippen LogP contribution is -2.37. The molecule has 0 fully saturated rings. The standard InChI is InChI=1S/C19H22F2N2O/c1-3-14(2)23(13-16-8-10-22-11-9-16)19(24)7-5-15-4-6-17(20)18(21)12-15/h4,6,8-12,14H,3,5,7,13H2,1-2H3. The molecule has 0 bridgehead atoms. The van der Waals surface area contributed by atoms with Crippen LogP contribution in [0, 0.1) is 11.6 Å². The predicted octanol–water partition coefficient (Wildman–Crippen LogP) is 4.12. The molecule has 1 heterocycles. The lowest BCUT2D eigenvalue weighted by Gasteiger charge is -2.29. The summed E-state index contributed by atoms with van der Waals surface area (Å²) in [5.74, 6) is -1.74. The number of pyridine rings is 1. The molecule has 0 aliphatic rings. The minimum atomic E-state index is -0.879. The van der Waals surface area contributed by atoms with Crippen molar-refractivity contribution in [1.82, 2.24) is 9.88 Å². The van der Waals surface area contributed by atoms with Gasteiger partial charge >= 0.3 is 0 Å². The van der Waals surface area contributed by atoms with Gasteiger partial charge in [-0.2, -0.15) is 0 Å². The van der Waals surface area contributed by atoms with Crippen LogP contribution in [-0.2, 0) is 17.8 Å². The minimum Gasteiger partial charge on any atom is -0.336 e. The van der Waals surface area contributed by atoms with Crippen LogP contribution in [-0.4, -0.2) is 21.8 Å². The van der Waals surface area contributed by atoms with Crippen molar-refractivity contribution in [1.29, 1.82) is 0 Å². The Hall–Kier alpha value is -2.30. The molecule has 1 aromatic heterocycles. The Balaban J connectivity index is 2.03. The Kier molecular flexibility index (Phi) is 6.41. The number of halogens is 2. The lowest BCUT2D eigenvalue weighted by atomic mass is 10.1. The molecule has 5 heteroatoms. The SMILES string of the molecule is CCC(C)N(Cc1ccncc1)C(=O)CCc1ccc(F)c(F)c1. The average Bonchev–Trinajstić information content (AvgIpc) is 2.60. The van der Waals surface area contributed by atoms with E-state index in [2.05, 4.69) is 4.98 Å². The van der Waals surface area contributed by atoms with Crippen LogP contribution in [0.2, 0.25) is 0 Å². The van der Waals surface area contributed by atoms with Crippen LogP contribution < -0.4 is 0 Å². The quantitative estimate of drug-likeness (QED) is 0.764. The fourth-order valence-corrected chi connectivity index (χ4v) is 2.49. The smallest absolute Gasteiger partial charge is 0.223 e. The molecule has 2 rings (SSSR count). The molecule has 128 valence electrons. The normalized spacial score (nSPS) is 12.0. The van der Waals surface area contributed by atoms with Crippen molar-refractivity contribution < 1.29 is 13.6 Å². The molecule has 1 amide bonds. The molecular weight excluding hydrogens is 310 g/mol. The molecule has 0 aliphatic carbocycles. The van der Waals surface area contributed by atoms with Crippen molar-refractivity contribution in [3.8, 4) is 0 Å². The van der Waals surface area contributed by atoms with E-state index in [9.17, 15) is 13.6 Å². The largest absolute Gasteiger partial charge is 0.336 e. The second-order valence-corrected chi connectivity index (χ2v) is 5.88. The molecule has 0 spiro atoms. The maximum atomic E-state index is 13.3. The van der Waals surface area contributed by atoms with E-state index in [0.717, 1.165) is 24.1 Å². The fraction of sp³-hybridized carbons (Fsp3) is 0.368. The van der Waals surface area contributed by atoms with Gasteiger partial charge in [-0.05, 0) is 55.2 Å². The lowest BCUT2D eigenvalue weighted by molar-refractivity contribution is -0.134. The maximum absolute atomic E-state index is 13.3. The van der Waals surface area contributed by atoms with Crippen LogP contribution in [0.5, 0.6) is 0 Å². The van der Waals surface area contributed by atoms with Crippen LogP contribution in [0.3, 0.4) is 0 Å². The second kappa shape index (κ2) is 8.52. The zero-order chi connectivity index (χ0) is 17.5. The molecule has 0 N–H and O–H groups in total. The van der Waals surface area contributed by atoms with E-state index < -0.39 is 11.6 Å². The number of aryl methyl sites for hydroxylation is 1. The van der Waals surface area contributed by atoms with Gasteiger partial charge in [-0.1, -0.05) is 13.0 Å². The molecule has 1 aromatic carbocycles. The molecule has 1 atom stereocenters. The van der Waals surface area contributed by atoms with Crippen molar-refractivity contribution in [2.75, 3.05) is 0 Å². The zero-order valence-corrected chi connectivity index (χ0v) is 14.0. The summed E-state index contributed by atoms with van der Waals surface area (Å²) in [5, 5.41) is 0. The van der Waals surface area contributed by atoms with Crippen LogP contribution in [0.1, 0.15) is 37.8 Å². The van der Waals surface area contributed by atoms with Gasteiger partial charge in [0.1, 0.15) is 0 Å². The summed E-state index contributed by atoms with van der Waals surface area (Å²) in [6, 6.07) is 7.64. The zero-order valence-electron chi connectivity index (χ0n) is 14.0. The Bertz CT molecular complexity index is 676. The Morgan fingerprint density at radius 1 is 1.12 bits per heavy atom. The van der Waals surface area contributed by atoms with Gasteiger partial charge in [0.2, 0.25) is 5.91 Å². The van der Waals surface area contributed by atoms with Crippen molar-refractivity contribution in [3.63, 3.8) is 0 Å². The highest BCUT2D eigenvalue weighted by molar-refractivity contribution is 5.76. The number of nitrogens with zero attached hydrogens (tertiary/aromatic N) is 2. The molecule has 0 aliphatic heterocycles. The summed E-state index contributed by atoms with van der Waals surface area (Å²) in [5.41, 5.74) is 1.64. The van der Waals surface area contributed by atoms with E-state index in [-0.39, 0.29) is 18.4 Å². The predicted molar refractivity (Wildman–Crippen MR) is 89.2 cm³/mol. The minimum absolute atomic E-state index is 0.00546. The number of rotatable bonds is 7. The molecule has 0 saturated carbocycles. The van der Waals surface area contributed by atoms with Gasteiger partial charge in [-0.15, -0.1) is 0 Å². The number of benzene rings is 1. The van der Waals surface area contributed by atoms with Gasteiger partial charge in [-0.3, -0.25) is 9.78 Å². The first-order valence-electron chi connectivity index (χ1n) is 8.13. The number of carbonyl (C=O) groups excluding carboxylic acids is 1. The Labute approximate surface area is 141 Å². The summed E-state index contributed by atoms with van der Waals surface area (Å²) in [4.78, 5) is 18.4. The van der Waals surface area contributed by atoms with Crippen LogP contribution in [0.25, 0.3) is 0 Å². The fourth-order valence-electron chi connectivity index (χ4n) is 2.49. The highest BCUT2D eigenvalue weighted by Crippen LogP contribution is 2.15. The Morgan fingerprint density at radius 2 is 1.83 bits per heavy atom. The van der Waals surface area contributed by atoms with Crippen molar-refractivity contribution in [3.05, 3.63) is 65.5 Å². The monoisotopic (exact) mass is 332 g/mol. The van der Waals surface area contributed by atoms with Gasteiger partial charge in [0.25, 0.3) is 0 Å². The van der Waals surface area contributed by atoms with Gasteiger partial charge in [0, 0.05) is 31.4 Å². The van der Waals surface area contributed by atoms with E-state index >= 15 is 0 Å². The van der Waals surface area contributed by atoms with Crippen molar-refractivity contribution in [2.24, 2.45) is 0 Å². The summed E-state index contributed by atoms with van der Waals surface area (Å²) < 4.78 is 26.2. The molecule has 24 heavy (non-hydrogen) atoms. The third-order valence-electron chi connectivity index (χ3n) is 4.16. The number of aromatic nitrogens is 1. The van der Waals surface area contributed by atoms with E-state index in [1.54, 1.807) is 12.4 Å². The van der Waals surface area contributed by atoms with Gasteiger partial charge in [-0.25, -0.2) is 8.78 Å².